The molecule has 0 radical (unpaired) electrons. The lowest BCUT2D eigenvalue weighted by atomic mass is 9.86. The van der Waals surface area contributed by atoms with Gasteiger partial charge in [-0.25, -0.2) is 4.79 Å². The fraction of sp³-hybridized carbons (Fsp3) is 0.467. The first-order chi connectivity index (χ1) is 9.97. The molecule has 112 valence electrons. The second-order valence-electron chi connectivity index (χ2n) is 5.74. The van der Waals surface area contributed by atoms with E-state index < -0.39 is 6.09 Å². The molecule has 0 saturated carbocycles. The standard InChI is InChI=1S/C15H18IN3O2/c1-9-7-11(5-6-19(9)15(20)21)10-3-4-12-13(8-10)18(2)17-14(12)16/h3-4,8-9,11H,5-7H2,1-2H3,(H,20,21)/t9-,11?/m0/s1. The minimum Gasteiger partial charge on any atom is -0.465 e. The first kappa shape index (κ1) is 14.6. The van der Waals surface area contributed by atoms with Crippen LogP contribution in [-0.2, 0) is 7.05 Å². The summed E-state index contributed by atoms with van der Waals surface area (Å²) in [5, 5.41) is 14.8. The van der Waals surface area contributed by atoms with Gasteiger partial charge in [0.25, 0.3) is 0 Å². The van der Waals surface area contributed by atoms with Crippen LogP contribution in [0.5, 0.6) is 0 Å². The number of amides is 1. The number of carboxylic acid groups (broad SMARTS) is 1. The molecule has 2 heterocycles. The van der Waals surface area contributed by atoms with E-state index in [9.17, 15) is 4.79 Å². The number of halogens is 1. The van der Waals surface area contributed by atoms with E-state index in [1.807, 2.05) is 18.7 Å². The van der Waals surface area contributed by atoms with Gasteiger partial charge in [-0.05, 0) is 66.0 Å². The zero-order valence-electron chi connectivity index (χ0n) is 12.1. The maximum Gasteiger partial charge on any atom is 0.407 e. The van der Waals surface area contributed by atoms with Crippen LogP contribution in [0.25, 0.3) is 10.9 Å². The first-order valence-corrected chi connectivity index (χ1v) is 8.17. The summed E-state index contributed by atoms with van der Waals surface area (Å²) in [4.78, 5) is 12.7. The summed E-state index contributed by atoms with van der Waals surface area (Å²) >= 11 is 2.25. The van der Waals surface area contributed by atoms with Gasteiger partial charge < -0.3 is 10.0 Å². The van der Waals surface area contributed by atoms with Crippen molar-refractivity contribution in [1.82, 2.24) is 14.7 Å². The van der Waals surface area contributed by atoms with Crippen molar-refractivity contribution in [2.45, 2.75) is 31.7 Å². The molecule has 1 N–H and O–H groups in total. The normalized spacial score (nSPS) is 22.7. The van der Waals surface area contributed by atoms with Crippen LogP contribution in [0.2, 0.25) is 0 Å². The summed E-state index contributed by atoms with van der Waals surface area (Å²) in [7, 11) is 1.96. The third-order valence-electron chi connectivity index (χ3n) is 4.42. The topological polar surface area (TPSA) is 58.4 Å². The molecule has 0 aliphatic carbocycles. The number of aryl methyl sites for hydroxylation is 1. The number of benzene rings is 1. The number of aromatic nitrogens is 2. The van der Waals surface area contributed by atoms with Gasteiger partial charge in [-0.3, -0.25) is 4.68 Å². The van der Waals surface area contributed by atoms with Crippen molar-refractivity contribution in [2.75, 3.05) is 6.54 Å². The van der Waals surface area contributed by atoms with E-state index >= 15 is 0 Å². The SMILES string of the molecule is C[C@H]1CC(c2ccc3c(I)nn(C)c3c2)CCN1C(=O)O. The molecule has 0 spiro atoms. The van der Waals surface area contributed by atoms with Crippen LogP contribution in [0, 0.1) is 3.70 Å². The summed E-state index contributed by atoms with van der Waals surface area (Å²) in [5.41, 5.74) is 2.43. The molecule has 1 aliphatic rings. The Bertz CT molecular complexity index is 698. The third kappa shape index (κ3) is 2.61. The average molecular weight is 399 g/mol. The van der Waals surface area contributed by atoms with E-state index in [-0.39, 0.29) is 6.04 Å². The summed E-state index contributed by atoms with van der Waals surface area (Å²) in [6.07, 6.45) is 0.960. The maximum absolute atomic E-state index is 11.1. The van der Waals surface area contributed by atoms with Crippen molar-refractivity contribution >= 4 is 39.6 Å². The molecule has 0 bridgehead atoms. The Morgan fingerprint density at radius 2 is 2.24 bits per heavy atom. The van der Waals surface area contributed by atoms with Gasteiger partial charge in [-0.1, -0.05) is 6.07 Å². The number of hydrogen-bond acceptors (Lipinski definition) is 2. The van der Waals surface area contributed by atoms with Crippen LogP contribution in [-0.4, -0.2) is 38.5 Å². The smallest absolute Gasteiger partial charge is 0.407 e. The summed E-state index contributed by atoms with van der Waals surface area (Å²) < 4.78 is 2.93. The van der Waals surface area contributed by atoms with E-state index in [0.29, 0.717) is 12.5 Å². The molecule has 1 aliphatic heterocycles. The molecule has 5 nitrogen and oxygen atoms in total. The molecule has 1 aromatic heterocycles. The molecule has 1 amide bonds. The lowest BCUT2D eigenvalue weighted by Gasteiger charge is -2.36. The lowest BCUT2D eigenvalue weighted by molar-refractivity contribution is 0.107. The van der Waals surface area contributed by atoms with Gasteiger partial charge in [-0.15, -0.1) is 0 Å². The van der Waals surface area contributed by atoms with Gasteiger partial charge >= 0.3 is 6.09 Å². The number of likely N-dealkylation sites (tertiary alicyclic amines) is 1. The fourth-order valence-electron chi connectivity index (χ4n) is 3.24. The van der Waals surface area contributed by atoms with Crippen molar-refractivity contribution in [3.05, 3.63) is 27.5 Å². The highest BCUT2D eigenvalue weighted by atomic mass is 127. The molecule has 1 aromatic carbocycles. The van der Waals surface area contributed by atoms with Gasteiger partial charge in [0, 0.05) is 25.0 Å². The monoisotopic (exact) mass is 399 g/mol. The van der Waals surface area contributed by atoms with E-state index in [1.165, 1.54) is 10.9 Å². The molecule has 6 heteroatoms. The van der Waals surface area contributed by atoms with E-state index in [2.05, 4.69) is 45.9 Å². The average Bonchev–Trinajstić information content (AvgIpc) is 2.73. The zero-order valence-corrected chi connectivity index (χ0v) is 14.2. The van der Waals surface area contributed by atoms with Crippen LogP contribution in [0.4, 0.5) is 4.79 Å². The van der Waals surface area contributed by atoms with Crippen molar-refractivity contribution in [3.63, 3.8) is 0 Å². The van der Waals surface area contributed by atoms with Crippen LogP contribution >= 0.6 is 22.6 Å². The number of rotatable bonds is 1. The second kappa shape index (κ2) is 5.47. The number of fused-ring (bicyclic) bond motifs is 1. The highest BCUT2D eigenvalue weighted by Gasteiger charge is 2.29. The van der Waals surface area contributed by atoms with Crippen molar-refractivity contribution in [3.8, 4) is 0 Å². The van der Waals surface area contributed by atoms with Crippen molar-refractivity contribution < 1.29 is 9.90 Å². The second-order valence-corrected chi connectivity index (χ2v) is 6.76. The predicted octanol–water partition coefficient (Wildman–Crippen LogP) is 3.42. The van der Waals surface area contributed by atoms with Gasteiger partial charge in [0.05, 0.1) is 5.52 Å². The Kier molecular flexibility index (Phi) is 3.81. The van der Waals surface area contributed by atoms with Crippen LogP contribution in [0.1, 0.15) is 31.2 Å². The quantitative estimate of drug-likeness (QED) is 0.748. The van der Waals surface area contributed by atoms with Gasteiger partial charge in [0.1, 0.15) is 3.70 Å². The summed E-state index contributed by atoms with van der Waals surface area (Å²) in [6, 6.07) is 6.58. The Hall–Kier alpha value is -1.31. The Labute approximate surface area is 137 Å². The van der Waals surface area contributed by atoms with E-state index in [1.54, 1.807) is 4.90 Å². The molecular weight excluding hydrogens is 381 g/mol. The van der Waals surface area contributed by atoms with E-state index in [4.69, 9.17) is 5.11 Å². The highest BCUT2D eigenvalue weighted by Crippen LogP contribution is 2.33. The largest absolute Gasteiger partial charge is 0.465 e. The number of piperidine rings is 1. The molecule has 1 unspecified atom stereocenters. The van der Waals surface area contributed by atoms with Gasteiger partial charge in [-0.2, -0.15) is 5.10 Å². The van der Waals surface area contributed by atoms with Crippen LogP contribution in [0.15, 0.2) is 18.2 Å². The zero-order chi connectivity index (χ0) is 15.1. The molecule has 2 atom stereocenters. The molecule has 21 heavy (non-hydrogen) atoms. The predicted molar refractivity (Wildman–Crippen MR) is 89.6 cm³/mol. The number of hydrogen-bond donors (Lipinski definition) is 1. The van der Waals surface area contributed by atoms with E-state index in [0.717, 1.165) is 22.1 Å². The van der Waals surface area contributed by atoms with Crippen LogP contribution < -0.4 is 0 Å². The fourth-order valence-corrected chi connectivity index (χ4v) is 4.02. The molecule has 1 fully saturated rings. The lowest BCUT2D eigenvalue weighted by Crippen LogP contribution is -2.43. The maximum atomic E-state index is 11.1. The van der Waals surface area contributed by atoms with Crippen molar-refractivity contribution in [1.29, 1.82) is 0 Å². The van der Waals surface area contributed by atoms with Gasteiger partial charge in [0.2, 0.25) is 0 Å². The third-order valence-corrected chi connectivity index (χ3v) is 5.22. The van der Waals surface area contributed by atoms with Crippen LogP contribution in [0.3, 0.4) is 0 Å². The highest BCUT2D eigenvalue weighted by molar-refractivity contribution is 14.1. The Morgan fingerprint density at radius 1 is 1.48 bits per heavy atom. The molecule has 1 saturated heterocycles. The number of nitrogens with zero attached hydrogens (tertiary/aromatic N) is 3. The minimum absolute atomic E-state index is 0.0728. The Morgan fingerprint density at radius 3 is 2.90 bits per heavy atom. The first-order valence-electron chi connectivity index (χ1n) is 7.09. The molecule has 3 rings (SSSR count). The Balaban J connectivity index is 1.88. The van der Waals surface area contributed by atoms with Crippen molar-refractivity contribution in [2.24, 2.45) is 7.05 Å². The number of carbonyl (C=O) groups is 1. The minimum atomic E-state index is -0.808. The van der Waals surface area contributed by atoms with Gasteiger partial charge in [0.15, 0.2) is 0 Å². The summed E-state index contributed by atoms with van der Waals surface area (Å²) in [5.74, 6) is 0.424. The molecular formula is C15H18IN3O2. The summed E-state index contributed by atoms with van der Waals surface area (Å²) in [6.45, 7) is 2.61. The molecule has 2 aromatic rings.